The maximum Gasteiger partial charge on any atom is 0.191 e. The van der Waals surface area contributed by atoms with Gasteiger partial charge in [0.15, 0.2) is 11.0 Å². The lowest BCUT2D eigenvalue weighted by Crippen LogP contribution is -2.06. The van der Waals surface area contributed by atoms with E-state index in [-0.39, 0.29) is 11.3 Å². The molecule has 2 heterocycles. The van der Waals surface area contributed by atoms with Crippen LogP contribution in [-0.4, -0.2) is 33.5 Å². The summed E-state index contributed by atoms with van der Waals surface area (Å²) < 4.78 is 49.0. The van der Waals surface area contributed by atoms with Gasteiger partial charge in [-0.25, -0.2) is 18.2 Å². The van der Waals surface area contributed by atoms with Gasteiger partial charge in [-0.2, -0.15) is 0 Å². The van der Waals surface area contributed by atoms with E-state index in [1.807, 2.05) is 65.2 Å². The van der Waals surface area contributed by atoms with E-state index in [2.05, 4.69) is 10.2 Å². The van der Waals surface area contributed by atoms with Crippen LogP contribution in [0.5, 0.6) is 0 Å². The minimum atomic E-state index is -0.951. The summed E-state index contributed by atoms with van der Waals surface area (Å²) in [5.74, 6) is -2.25. The monoisotopic (exact) mass is 520 g/mol. The van der Waals surface area contributed by atoms with Crippen molar-refractivity contribution in [2.45, 2.75) is 23.9 Å². The third-order valence-electron chi connectivity index (χ3n) is 5.93. The number of para-hydroxylation sites is 1. The Hall–Kier alpha value is -3.69. The zero-order valence-electron chi connectivity index (χ0n) is 20.0. The second kappa shape index (κ2) is 11.1. The van der Waals surface area contributed by atoms with Crippen molar-refractivity contribution >= 4 is 22.7 Å². The number of rotatable bonds is 9. The number of benzene rings is 3. The van der Waals surface area contributed by atoms with Gasteiger partial charge in [0.05, 0.1) is 11.2 Å². The second-order valence-electron chi connectivity index (χ2n) is 8.38. The second-order valence-corrected chi connectivity index (χ2v) is 9.32. The molecule has 188 valence electrons. The number of fused-ring (bicyclic) bond motifs is 1. The zero-order valence-corrected chi connectivity index (χ0v) is 20.8. The molecule has 0 radical (unpaired) electrons. The topological polar surface area (TPSA) is 52.8 Å². The van der Waals surface area contributed by atoms with Crippen LogP contribution in [0.25, 0.3) is 33.5 Å². The molecule has 5 rings (SSSR count). The van der Waals surface area contributed by atoms with Gasteiger partial charge < -0.3 is 9.30 Å². The number of ether oxygens (including phenoxy) is 1. The average molecular weight is 521 g/mol. The molecule has 0 saturated carbocycles. The summed E-state index contributed by atoms with van der Waals surface area (Å²) in [6.07, 6.45) is 0.683. The molecule has 5 nitrogen and oxygen atoms in total. The molecule has 5 aromatic rings. The number of halogens is 3. The summed E-state index contributed by atoms with van der Waals surface area (Å²) >= 11 is 1.14. The third kappa shape index (κ3) is 5.38. The summed E-state index contributed by atoms with van der Waals surface area (Å²) in [5.41, 5.74) is 3.22. The summed E-state index contributed by atoms with van der Waals surface area (Å²) in [6.45, 7) is 1.06. The molecule has 37 heavy (non-hydrogen) atoms. The molecule has 0 aliphatic rings. The van der Waals surface area contributed by atoms with E-state index < -0.39 is 17.5 Å². The number of aromatic nitrogens is 4. The normalized spacial score (nSPS) is 11.4. The molecule has 3 aromatic carbocycles. The molecule has 0 spiro atoms. The highest BCUT2D eigenvalue weighted by atomic mass is 32.2. The minimum absolute atomic E-state index is 0.0628. The molecule has 0 fully saturated rings. The van der Waals surface area contributed by atoms with Crippen molar-refractivity contribution in [3.8, 4) is 22.6 Å². The Labute approximate surface area is 216 Å². The van der Waals surface area contributed by atoms with Crippen molar-refractivity contribution in [3.05, 3.63) is 95.8 Å². The summed E-state index contributed by atoms with van der Waals surface area (Å²) in [5, 5.41) is 10.3. The molecule has 0 atom stereocenters. The number of thioether (sulfide) groups is 1. The first-order chi connectivity index (χ1) is 18.0. The maximum absolute atomic E-state index is 14.3. The molecule has 0 saturated heterocycles. The Morgan fingerprint density at radius 1 is 0.892 bits per heavy atom. The van der Waals surface area contributed by atoms with Crippen LogP contribution in [0.15, 0.2) is 78.0 Å². The average Bonchev–Trinajstić information content (AvgIpc) is 3.30. The van der Waals surface area contributed by atoms with Crippen LogP contribution in [0.4, 0.5) is 13.2 Å². The maximum atomic E-state index is 14.3. The van der Waals surface area contributed by atoms with Crippen molar-refractivity contribution in [1.29, 1.82) is 0 Å². The molecule has 0 aliphatic heterocycles. The van der Waals surface area contributed by atoms with Crippen molar-refractivity contribution < 1.29 is 17.9 Å². The summed E-state index contributed by atoms with van der Waals surface area (Å²) in [4.78, 5) is 4.85. The van der Waals surface area contributed by atoms with E-state index in [1.54, 1.807) is 7.11 Å². The first-order valence-corrected chi connectivity index (χ1v) is 12.7. The fraction of sp³-hybridized carbons (Fsp3) is 0.179. The van der Waals surface area contributed by atoms with Gasteiger partial charge in [-0.15, -0.1) is 10.2 Å². The number of pyridine rings is 1. The highest BCUT2D eigenvalue weighted by Gasteiger charge is 2.20. The molecular formula is C28H23F3N4OS. The Morgan fingerprint density at radius 2 is 1.62 bits per heavy atom. The quantitative estimate of drug-likeness (QED) is 0.156. The molecule has 0 amide bonds. The van der Waals surface area contributed by atoms with Crippen LogP contribution < -0.4 is 0 Å². The highest BCUT2D eigenvalue weighted by Crippen LogP contribution is 2.34. The van der Waals surface area contributed by atoms with Gasteiger partial charge in [0, 0.05) is 60.2 Å². The van der Waals surface area contributed by atoms with Gasteiger partial charge in [-0.1, -0.05) is 60.3 Å². The van der Waals surface area contributed by atoms with Crippen LogP contribution in [0, 0.1) is 17.5 Å². The van der Waals surface area contributed by atoms with Crippen molar-refractivity contribution in [1.82, 2.24) is 19.7 Å². The fourth-order valence-electron chi connectivity index (χ4n) is 4.13. The van der Waals surface area contributed by atoms with E-state index in [4.69, 9.17) is 9.72 Å². The lowest BCUT2D eigenvalue weighted by atomic mass is 10.0. The smallest absolute Gasteiger partial charge is 0.191 e. The van der Waals surface area contributed by atoms with Gasteiger partial charge in [-0.05, 0) is 18.6 Å². The first kappa shape index (κ1) is 25.0. The predicted molar refractivity (Wildman–Crippen MR) is 139 cm³/mol. The first-order valence-electron chi connectivity index (χ1n) is 11.7. The van der Waals surface area contributed by atoms with Crippen LogP contribution in [0.1, 0.15) is 12.0 Å². The SMILES string of the molecule is COCCCn1c(SCc2c(F)cc(F)cc2F)nnc1-c1cc(-c2ccccc2)nc2ccccc12. The van der Waals surface area contributed by atoms with Crippen LogP contribution in [0.3, 0.4) is 0 Å². The lowest BCUT2D eigenvalue weighted by Gasteiger charge is -2.13. The fourth-order valence-corrected chi connectivity index (χ4v) is 5.11. The Bertz CT molecular complexity index is 1520. The number of nitrogens with zero attached hydrogens (tertiary/aromatic N) is 4. The standard InChI is InChI=1S/C28H23F3N4OS/c1-36-13-7-12-35-27(33-34-28(35)37-17-22-23(30)14-19(29)15-24(22)31)21-16-26(18-8-3-2-4-9-18)32-25-11-6-5-10-20(21)25/h2-6,8-11,14-16H,7,12-13,17H2,1H3. The summed E-state index contributed by atoms with van der Waals surface area (Å²) in [6, 6.07) is 21.0. The summed E-state index contributed by atoms with van der Waals surface area (Å²) in [7, 11) is 1.63. The molecule has 9 heteroatoms. The molecule has 0 N–H and O–H groups in total. The van der Waals surface area contributed by atoms with Crippen molar-refractivity contribution in [2.75, 3.05) is 13.7 Å². The third-order valence-corrected chi connectivity index (χ3v) is 6.92. The van der Waals surface area contributed by atoms with Gasteiger partial charge in [0.25, 0.3) is 0 Å². The van der Waals surface area contributed by atoms with Crippen molar-refractivity contribution in [3.63, 3.8) is 0 Å². The van der Waals surface area contributed by atoms with Gasteiger partial charge >= 0.3 is 0 Å². The Kier molecular flexibility index (Phi) is 7.52. The molecule has 2 aromatic heterocycles. The van der Waals surface area contributed by atoms with E-state index in [1.165, 1.54) is 0 Å². The van der Waals surface area contributed by atoms with E-state index in [0.29, 0.717) is 42.7 Å². The molecule has 0 unspecified atom stereocenters. The predicted octanol–water partition coefficient (Wildman–Crippen LogP) is 6.91. The van der Waals surface area contributed by atoms with Gasteiger partial charge in [-0.3, -0.25) is 0 Å². The highest BCUT2D eigenvalue weighted by molar-refractivity contribution is 7.98. The zero-order chi connectivity index (χ0) is 25.8. The van der Waals surface area contributed by atoms with Crippen molar-refractivity contribution in [2.24, 2.45) is 0 Å². The van der Waals surface area contributed by atoms with Crippen LogP contribution in [-0.2, 0) is 17.0 Å². The largest absolute Gasteiger partial charge is 0.385 e. The minimum Gasteiger partial charge on any atom is -0.385 e. The Morgan fingerprint density at radius 3 is 2.38 bits per heavy atom. The van der Waals surface area contributed by atoms with Crippen LogP contribution in [0.2, 0.25) is 0 Å². The van der Waals surface area contributed by atoms with E-state index in [0.717, 1.165) is 39.5 Å². The molecular weight excluding hydrogens is 497 g/mol. The molecule has 0 aliphatic carbocycles. The van der Waals surface area contributed by atoms with E-state index >= 15 is 0 Å². The van der Waals surface area contributed by atoms with E-state index in [9.17, 15) is 13.2 Å². The number of methoxy groups -OCH3 is 1. The van der Waals surface area contributed by atoms with Gasteiger partial charge in [0.2, 0.25) is 0 Å². The van der Waals surface area contributed by atoms with Gasteiger partial charge in [0.1, 0.15) is 17.5 Å². The Balaban J connectivity index is 1.58. The number of hydrogen-bond donors (Lipinski definition) is 0. The lowest BCUT2D eigenvalue weighted by molar-refractivity contribution is 0.189. The molecule has 0 bridgehead atoms. The number of hydrogen-bond acceptors (Lipinski definition) is 5. The van der Waals surface area contributed by atoms with Crippen LogP contribution >= 0.6 is 11.8 Å².